The van der Waals surface area contributed by atoms with Gasteiger partial charge in [0.05, 0.1) is 5.41 Å². The number of ether oxygens (including phenoxy) is 1. The fourth-order valence-electron chi connectivity index (χ4n) is 1.66. The lowest BCUT2D eigenvalue weighted by Gasteiger charge is -2.18. The van der Waals surface area contributed by atoms with Gasteiger partial charge in [-0.2, -0.15) is 0 Å². The van der Waals surface area contributed by atoms with E-state index in [-0.39, 0.29) is 5.78 Å². The van der Waals surface area contributed by atoms with Crippen molar-refractivity contribution < 1.29 is 9.53 Å². The molecule has 1 heterocycles. The van der Waals surface area contributed by atoms with E-state index in [1.807, 2.05) is 25.1 Å². The molecule has 0 amide bonds. The van der Waals surface area contributed by atoms with Gasteiger partial charge in [0.2, 0.25) is 0 Å². The third-order valence-corrected chi connectivity index (χ3v) is 3.32. The number of benzene rings is 1. The van der Waals surface area contributed by atoms with Crippen molar-refractivity contribution in [2.24, 2.45) is 0 Å². The summed E-state index contributed by atoms with van der Waals surface area (Å²) >= 11 is 3.37. The van der Waals surface area contributed by atoms with Gasteiger partial charge < -0.3 is 4.74 Å². The van der Waals surface area contributed by atoms with E-state index in [1.54, 1.807) is 6.92 Å². The quantitative estimate of drug-likeness (QED) is 0.771. The van der Waals surface area contributed by atoms with Crippen LogP contribution in [0.5, 0.6) is 5.75 Å². The average Bonchev–Trinajstić information content (AvgIpc) is 2.45. The van der Waals surface area contributed by atoms with E-state index in [0.29, 0.717) is 6.61 Å². The van der Waals surface area contributed by atoms with Gasteiger partial charge >= 0.3 is 0 Å². The Bertz CT molecular complexity index is 400. The molecule has 0 saturated carbocycles. The summed E-state index contributed by atoms with van der Waals surface area (Å²) in [5.41, 5.74) is 0.531. The van der Waals surface area contributed by atoms with Gasteiger partial charge in [-0.05, 0) is 26.0 Å². The first-order chi connectivity index (χ1) is 6.54. The molecule has 14 heavy (non-hydrogen) atoms. The van der Waals surface area contributed by atoms with Crippen LogP contribution in [0.25, 0.3) is 0 Å². The van der Waals surface area contributed by atoms with Crippen molar-refractivity contribution >= 4 is 21.7 Å². The van der Waals surface area contributed by atoms with E-state index in [1.165, 1.54) is 0 Å². The molecule has 0 saturated heterocycles. The molecule has 1 atom stereocenters. The Kier molecular flexibility index (Phi) is 2.14. The Balaban J connectivity index is 2.55. The molecule has 0 aliphatic carbocycles. The lowest BCUT2D eigenvalue weighted by molar-refractivity contribution is -0.122. The van der Waals surface area contributed by atoms with Gasteiger partial charge in [-0.15, -0.1) is 0 Å². The largest absolute Gasteiger partial charge is 0.492 e. The standard InChI is InChI=1S/C11H11BrO2/c1-7(13)11(2)6-14-10-5-8(12)3-4-9(10)11/h3-5H,6H2,1-2H3. The van der Waals surface area contributed by atoms with Crippen molar-refractivity contribution in [3.05, 3.63) is 28.2 Å². The molecule has 3 heteroatoms. The zero-order valence-electron chi connectivity index (χ0n) is 8.13. The van der Waals surface area contributed by atoms with Crippen LogP contribution in [0.4, 0.5) is 0 Å². The molecule has 1 unspecified atom stereocenters. The molecule has 0 fully saturated rings. The molecular formula is C11H11BrO2. The molecule has 0 radical (unpaired) electrons. The van der Waals surface area contributed by atoms with Crippen molar-refractivity contribution in [2.75, 3.05) is 6.61 Å². The summed E-state index contributed by atoms with van der Waals surface area (Å²) in [5.74, 6) is 0.968. The highest BCUT2D eigenvalue weighted by Gasteiger charge is 2.40. The molecule has 0 spiro atoms. The maximum absolute atomic E-state index is 11.5. The van der Waals surface area contributed by atoms with E-state index in [2.05, 4.69) is 15.9 Å². The first kappa shape index (κ1) is 9.71. The van der Waals surface area contributed by atoms with Crippen LogP contribution >= 0.6 is 15.9 Å². The van der Waals surface area contributed by atoms with Gasteiger partial charge in [0.15, 0.2) is 0 Å². The van der Waals surface area contributed by atoms with Crippen molar-refractivity contribution in [3.63, 3.8) is 0 Å². The van der Waals surface area contributed by atoms with Crippen LogP contribution in [-0.4, -0.2) is 12.4 Å². The molecule has 74 valence electrons. The van der Waals surface area contributed by atoms with Crippen LogP contribution in [0, 0.1) is 0 Å². The molecule has 1 aliphatic heterocycles. The van der Waals surface area contributed by atoms with Gasteiger partial charge in [-0.25, -0.2) is 0 Å². The maximum atomic E-state index is 11.5. The second-order valence-electron chi connectivity index (χ2n) is 3.82. The minimum absolute atomic E-state index is 0.151. The van der Waals surface area contributed by atoms with Gasteiger partial charge in [-0.1, -0.05) is 22.0 Å². The molecule has 1 aromatic rings. The van der Waals surface area contributed by atoms with Crippen LogP contribution in [0.3, 0.4) is 0 Å². The normalized spacial score (nSPS) is 24.2. The Morgan fingerprint density at radius 1 is 1.57 bits per heavy atom. The van der Waals surface area contributed by atoms with Gasteiger partial charge in [-0.3, -0.25) is 4.79 Å². The number of rotatable bonds is 1. The zero-order chi connectivity index (χ0) is 10.3. The topological polar surface area (TPSA) is 26.3 Å². The maximum Gasteiger partial charge on any atom is 0.143 e. The van der Waals surface area contributed by atoms with Gasteiger partial charge in [0.25, 0.3) is 0 Å². The van der Waals surface area contributed by atoms with Gasteiger partial charge in [0, 0.05) is 10.0 Å². The summed E-state index contributed by atoms with van der Waals surface area (Å²) in [7, 11) is 0. The molecular weight excluding hydrogens is 244 g/mol. The van der Waals surface area contributed by atoms with E-state index in [4.69, 9.17) is 4.74 Å². The number of ketones is 1. The SMILES string of the molecule is CC(=O)C1(C)COc2cc(Br)ccc21. The molecule has 2 rings (SSSR count). The third-order valence-electron chi connectivity index (χ3n) is 2.83. The van der Waals surface area contributed by atoms with E-state index in [0.717, 1.165) is 15.8 Å². The Morgan fingerprint density at radius 2 is 2.29 bits per heavy atom. The smallest absolute Gasteiger partial charge is 0.143 e. The molecule has 0 bridgehead atoms. The lowest BCUT2D eigenvalue weighted by Crippen LogP contribution is -2.32. The number of Topliss-reactive ketones (excluding diaryl/α,β-unsaturated/α-hetero) is 1. The van der Waals surface area contributed by atoms with E-state index < -0.39 is 5.41 Å². The second-order valence-corrected chi connectivity index (χ2v) is 4.73. The highest BCUT2D eigenvalue weighted by molar-refractivity contribution is 9.10. The number of carbonyl (C=O) groups is 1. The summed E-state index contributed by atoms with van der Waals surface area (Å²) < 4.78 is 6.48. The highest BCUT2D eigenvalue weighted by atomic mass is 79.9. The number of hydrogen-bond donors (Lipinski definition) is 0. The van der Waals surface area contributed by atoms with Crippen LogP contribution < -0.4 is 4.74 Å². The summed E-state index contributed by atoms with van der Waals surface area (Å²) in [5, 5.41) is 0. The summed E-state index contributed by atoms with van der Waals surface area (Å²) in [4.78, 5) is 11.5. The monoisotopic (exact) mass is 254 g/mol. The average molecular weight is 255 g/mol. The molecule has 1 aliphatic rings. The van der Waals surface area contributed by atoms with Crippen molar-refractivity contribution in [2.45, 2.75) is 19.3 Å². The highest BCUT2D eigenvalue weighted by Crippen LogP contribution is 2.40. The predicted molar refractivity (Wildman–Crippen MR) is 57.7 cm³/mol. The summed E-state index contributed by atoms with van der Waals surface area (Å²) in [6.07, 6.45) is 0. The fraction of sp³-hybridized carbons (Fsp3) is 0.364. The Hall–Kier alpha value is -0.830. The first-order valence-electron chi connectivity index (χ1n) is 4.48. The summed E-state index contributed by atoms with van der Waals surface area (Å²) in [6, 6.07) is 5.80. The summed E-state index contributed by atoms with van der Waals surface area (Å²) in [6.45, 7) is 3.99. The molecule has 0 aromatic heterocycles. The molecule has 1 aromatic carbocycles. The number of carbonyl (C=O) groups excluding carboxylic acids is 1. The van der Waals surface area contributed by atoms with Gasteiger partial charge in [0.1, 0.15) is 18.1 Å². The second kappa shape index (κ2) is 3.09. The van der Waals surface area contributed by atoms with Crippen molar-refractivity contribution in [1.82, 2.24) is 0 Å². The van der Waals surface area contributed by atoms with Crippen molar-refractivity contribution in [3.8, 4) is 5.75 Å². The van der Waals surface area contributed by atoms with Crippen LogP contribution in [-0.2, 0) is 10.2 Å². The van der Waals surface area contributed by atoms with Crippen LogP contribution in [0.2, 0.25) is 0 Å². The van der Waals surface area contributed by atoms with E-state index >= 15 is 0 Å². The minimum Gasteiger partial charge on any atom is -0.492 e. The lowest BCUT2D eigenvalue weighted by atomic mass is 9.81. The molecule has 2 nitrogen and oxygen atoms in total. The Labute approximate surface area is 91.4 Å². The van der Waals surface area contributed by atoms with Crippen LogP contribution in [0.15, 0.2) is 22.7 Å². The fourth-order valence-corrected chi connectivity index (χ4v) is 2.00. The zero-order valence-corrected chi connectivity index (χ0v) is 9.72. The third kappa shape index (κ3) is 1.27. The number of halogens is 1. The van der Waals surface area contributed by atoms with E-state index in [9.17, 15) is 4.79 Å². The predicted octanol–water partition coefficient (Wildman–Crippen LogP) is 2.69. The minimum atomic E-state index is -0.462. The number of hydrogen-bond acceptors (Lipinski definition) is 2. The van der Waals surface area contributed by atoms with Crippen LogP contribution in [0.1, 0.15) is 19.4 Å². The Morgan fingerprint density at radius 3 is 2.93 bits per heavy atom. The first-order valence-corrected chi connectivity index (χ1v) is 5.27. The number of fused-ring (bicyclic) bond motifs is 1. The molecule has 0 N–H and O–H groups in total. The van der Waals surface area contributed by atoms with Crippen molar-refractivity contribution in [1.29, 1.82) is 0 Å².